The number of nitrogens with zero attached hydrogens (tertiary/aromatic N) is 1. The summed E-state index contributed by atoms with van der Waals surface area (Å²) in [5, 5.41) is 0.448. The van der Waals surface area contributed by atoms with Gasteiger partial charge < -0.3 is 4.74 Å². The molecule has 2 amide bonds. The van der Waals surface area contributed by atoms with E-state index >= 15 is 0 Å². The Bertz CT molecular complexity index is 1790. The third kappa shape index (κ3) is 4.38. The molecule has 2 bridgehead atoms. The third-order valence-corrected chi connectivity index (χ3v) is 10.9. The summed E-state index contributed by atoms with van der Waals surface area (Å²) in [6.45, 7) is -0.662. The van der Waals surface area contributed by atoms with Crippen molar-refractivity contribution in [3.63, 3.8) is 0 Å². The molecule has 45 heavy (non-hydrogen) atoms. The molecule has 0 unspecified atom stereocenters. The van der Waals surface area contributed by atoms with Crippen molar-refractivity contribution in [2.75, 3.05) is 6.61 Å². The Morgan fingerprint density at radius 1 is 0.733 bits per heavy atom. The van der Waals surface area contributed by atoms with Crippen molar-refractivity contribution < 1.29 is 23.9 Å². The van der Waals surface area contributed by atoms with Crippen LogP contribution in [0.25, 0.3) is 0 Å². The Hall–Kier alpha value is -3.68. The number of benzene rings is 4. The van der Waals surface area contributed by atoms with Crippen LogP contribution in [0.3, 0.4) is 0 Å². The minimum Gasteiger partial charge on any atom is -0.456 e. The second-order valence-electron chi connectivity index (χ2n) is 11.4. The highest BCUT2D eigenvalue weighted by Crippen LogP contribution is 2.69. The molecular weight excluding hydrogens is 656 g/mol. The number of carbonyl (C=O) groups is 4. The van der Waals surface area contributed by atoms with E-state index in [4.69, 9.17) is 51.1 Å². The molecule has 4 aromatic rings. The van der Waals surface area contributed by atoms with Gasteiger partial charge in [-0.2, -0.15) is 0 Å². The first-order valence-corrected chi connectivity index (χ1v) is 15.7. The van der Waals surface area contributed by atoms with E-state index in [1.54, 1.807) is 24.3 Å². The summed E-state index contributed by atoms with van der Waals surface area (Å²) in [6.07, 6.45) is -0.0447. The topological polar surface area (TPSA) is 80.8 Å². The van der Waals surface area contributed by atoms with Gasteiger partial charge >= 0.3 is 5.97 Å². The van der Waals surface area contributed by atoms with E-state index in [-0.39, 0.29) is 17.0 Å². The molecule has 1 saturated heterocycles. The molecule has 6 nitrogen and oxygen atoms in total. The van der Waals surface area contributed by atoms with Gasteiger partial charge in [-0.15, -0.1) is 23.2 Å². The SMILES string of the molecule is O=C(COC(=O)[C@@H](Cc1ccccc1)N1C(=O)[C@@H]2[C@H](C1=O)C1(Cl)c3ccccc3C2(Cl)c2ccccc21)c1ccc(Cl)cc1Cl. The lowest BCUT2D eigenvalue weighted by molar-refractivity contribution is -0.158. The Balaban J connectivity index is 1.28. The number of ketones is 1. The predicted molar refractivity (Wildman–Crippen MR) is 171 cm³/mol. The fraction of sp³-hybridized carbons (Fsp3) is 0.200. The van der Waals surface area contributed by atoms with Crippen molar-refractivity contribution in [1.29, 1.82) is 0 Å². The average Bonchev–Trinajstić information content (AvgIpc) is 3.32. The zero-order valence-electron chi connectivity index (χ0n) is 23.4. The van der Waals surface area contributed by atoms with Gasteiger partial charge in [0.15, 0.2) is 6.61 Å². The third-order valence-electron chi connectivity index (χ3n) is 9.05. The first-order valence-electron chi connectivity index (χ1n) is 14.2. The minimum absolute atomic E-state index is 0.0447. The number of likely N-dealkylation sites (tertiary alicyclic amines) is 1. The number of hydrogen-bond acceptors (Lipinski definition) is 5. The van der Waals surface area contributed by atoms with Crippen LogP contribution in [0.4, 0.5) is 0 Å². The summed E-state index contributed by atoms with van der Waals surface area (Å²) in [5.41, 5.74) is 3.40. The molecule has 1 fully saturated rings. The lowest BCUT2D eigenvalue weighted by Gasteiger charge is -2.54. The molecule has 8 rings (SSSR count). The van der Waals surface area contributed by atoms with Crippen LogP contribution in [0.5, 0.6) is 0 Å². The van der Waals surface area contributed by atoms with Gasteiger partial charge in [0.1, 0.15) is 15.8 Å². The van der Waals surface area contributed by atoms with Crippen molar-refractivity contribution in [2.24, 2.45) is 11.8 Å². The largest absolute Gasteiger partial charge is 0.456 e. The fourth-order valence-corrected chi connectivity index (χ4v) is 8.75. The summed E-state index contributed by atoms with van der Waals surface area (Å²) in [5.74, 6) is -4.92. The predicted octanol–water partition coefficient (Wildman–Crippen LogP) is 6.92. The maximum Gasteiger partial charge on any atom is 0.330 e. The van der Waals surface area contributed by atoms with E-state index in [9.17, 15) is 19.2 Å². The Labute approximate surface area is 278 Å². The van der Waals surface area contributed by atoms with Crippen molar-refractivity contribution >= 4 is 70.0 Å². The highest BCUT2D eigenvalue weighted by atomic mass is 35.5. The molecule has 3 aliphatic carbocycles. The van der Waals surface area contributed by atoms with Crippen LogP contribution in [0.1, 0.15) is 38.2 Å². The molecule has 0 N–H and O–H groups in total. The lowest BCUT2D eigenvalue weighted by atomic mass is 9.54. The van der Waals surface area contributed by atoms with Crippen molar-refractivity contribution in [3.05, 3.63) is 140 Å². The second kappa shape index (κ2) is 11.0. The van der Waals surface area contributed by atoms with E-state index in [0.29, 0.717) is 32.8 Å². The maximum atomic E-state index is 14.5. The monoisotopic (exact) mass is 677 g/mol. The van der Waals surface area contributed by atoms with E-state index in [2.05, 4.69) is 0 Å². The van der Waals surface area contributed by atoms with E-state index < -0.39 is 57.8 Å². The molecule has 1 aliphatic heterocycles. The lowest BCUT2D eigenvalue weighted by Crippen LogP contribution is -2.57. The molecule has 4 aliphatic rings. The van der Waals surface area contributed by atoms with E-state index in [1.165, 1.54) is 18.2 Å². The van der Waals surface area contributed by atoms with Crippen LogP contribution >= 0.6 is 46.4 Å². The highest BCUT2D eigenvalue weighted by molar-refractivity contribution is 6.37. The molecule has 3 atom stereocenters. The van der Waals surface area contributed by atoms with Gasteiger partial charge in [-0.3, -0.25) is 19.3 Å². The Kier molecular flexibility index (Phi) is 7.33. The van der Waals surface area contributed by atoms with E-state index in [0.717, 1.165) is 4.90 Å². The summed E-state index contributed by atoms with van der Waals surface area (Å²) >= 11 is 27.2. The highest BCUT2D eigenvalue weighted by Gasteiger charge is 2.73. The summed E-state index contributed by atoms with van der Waals surface area (Å²) < 4.78 is 5.49. The number of alkyl halides is 2. The quantitative estimate of drug-likeness (QED) is 0.0917. The zero-order chi connectivity index (χ0) is 31.7. The van der Waals surface area contributed by atoms with Crippen molar-refractivity contribution in [1.82, 2.24) is 4.90 Å². The summed E-state index contributed by atoms with van der Waals surface area (Å²) in [7, 11) is 0. The first-order chi connectivity index (χ1) is 21.6. The minimum atomic E-state index is -1.40. The number of Topliss-reactive ketones (excluding diaryl/α,β-unsaturated/α-hetero) is 1. The molecule has 0 aromatic heterocycles. The number of amides is 2. The normalized spacial score (nSPS) is 24.9. The standard InChI is InChI=1S/C35H23Cl4NO5/c36-20-14-15-21(26(37)17-20)28(41)18-45-33(44)27(16-19-8-2-1-3-9-19)40-31(42)29-30(32(40)43)35(39)23-11-5-4-10-22(23)34(29,38)24-12-6-7-13-25(24)35/h1-15,17,27,29-30H,16,18H2/t27-,29-,30+,34?,35?/m1/s1. The smallest absolute Gasteiger partial charge is 0.330 e. The van der Waals surface area contributed by atoms with Crippen LogP contribution in [-0.4, -0.2) is 41.1 Å². The molecule has 4 aromatic carbocycles. The Morgan fingerprint density at radius 3 is 1.71 bits per heavy atom. The number of carbonyl (C=O) groups excluding carboxylic acids is 4. The molecule has 0 radical (unpaired) electrons. The van der Waals surface area contributed by atoms with Gasteiger partial charge in [0.25, 0.3) is 0 Å². The zero-order valence-corrected chi connectivity index (χ0v) is 26.4. The molecule has 0 spiro atoms. The van der Waals surface area contributed by atoms with Gasteiger partial charge in [-0.1, -0.05) is 102 Å². The summed E-state index contributed by atoms with van der Waals surface area (Å²) in [4.78, 5) is 54.0. The van der Waals surface area contributed by atoms with Crippen LogP contribution in [0.2, 0.25) is 10.0 Å². The number of halogens is 4. The maximum absolute atomic E-state index is 14.5. The number of ether oxygens (including phenoxy) is 1. The van der Waals surface area contributed by atoms with Crippen LogP contribution in [-0.2, 0) is 35.3 Å². The number of esters is 1. The average molecular weight is 679 g/mol. The van der Waals surface area contributed by atoms with Crippen LogP contribution in [0, 0.1) is 11.8 Å². The van der Waals surface area contributed by atoms with Crippen molar-refractivity contribution in [3.8, 4) is 0 Å². The van der Waals surface area contributed by atoms with Crippen LogP contribution in [0.15, 0.2) is 97.1 Å². The molecule has 226 valence electrons. The van der Waals surface area contributed by atoms with Gasteiger partial charge in [0.05, 0.1) is 16.9 Å². The molecular formula is C35H23Cl4NO5. The fourth-order valence-electron chi connectivity index (χ4n) is 7.14. The van der Waals surface area contributed by atoms with Gasteiger partial charge in [0, 0.05) is 17.0 Å². The van der Waals surface area contributed by atoms with Gasteiger partial charge in [-0.05, 0) is 46.0 Å². The first kappa shape index (κ1) is 30.0. The second-order valence-corrected chi connectivity index (χ2v) is 13.4. The van der Waals surface area contributed by atoms with Crippen LogP contribution < -0.4 is 0 Å². The van der Waals surface area contributed by atoms with E-state index in [1.807, 2.05) is 54.6 Å². The number of imide groups is 1. The van der Waals surface area contributed by atoms with Crippen molar-refractivity contribution in [2.45, 2.75) is 22.2 Å². The number of rotatable bonds is 7. The number of hydrogen-bond donors (Lipinski definition) is 0. The molecule has 10 heteroatoms. The Morgan fingerprint density at radius 2 is 1.22 bits per heavy atom. The molecule has 1 heterocycles. The summed E-state index contributed by atoms with van der Waals surface area (Å²) in [6, 6.07) is 26.5. The molecule has 0 saturated carbocycles. The van der Waals surface area contributed by atoms with Gasteiger partial charge in [0.2, 0.25) is 17.6 Å². The van der Waals surface area contributed by atoms with Gasteiger partial charge in [-0.25, -0.2) is 4.79 Å².